The molecule has 1 N–H and O–H groups in total. The molecule has 5 heteroatoms. The molecule has 0 saturated heterocycles. The number of carbonyl (C=O) groups is 1. The Morgan fingerprint density at radius 2 is 1.52 bits per heavy atom. The third-order valence-corrected chi connectivity index (χ3v) is 2.42. The number of benzene rings is 2. The molecular formula is C16H16F2O3. The maximum absolute atomic E-state index is 12.9. The van der Waals surface area contributed by atoms with Crippen molar-refractivity contribution in [1.29, 1.82) is 0 Å². The molecule has 0 aliphatic heterocycles. The van der Waals surface area contributed by atoms with Gasteiger partial charge >= 0.3 is 5.97 Å². The van der Waals surface area contributed by atoms with Gasteiger partial charge in [0.25, 0.3) is 0 Å². The van der Waals surface area contributed by atoms with Crippen LogP contribution >= 0.6 is 0 Å². The highest BCUT2D eigenvalue weighted by molar-refractivity contribution is 5.70. The molecule has 0 amide bonds. The minimum absolute atomic E-state index is 0.313. The Kier molecular flexibility index (Phi) is 7.04. The molecule has 0 aromatic heterocycles. The predicted octanol–water partition coefficient (Wildman–Crippen LogP) is 3.17. The molecule has 112 valence electrons. The number of aliphatic hydroxyl groups excluding tert-OH is 1. The van der Waals surface area contributed by atoms with E-state index in [9.17, 15) is 13.6 Å². The van der Waals surface area contributed by atoms with Crippen LogP contribution in [0.25, 0.3) is 11.1 Å². The molecule has 0 bridgehead atoms. The lowest BCUT2D eigenvalue weighted by atomic mass is 10.1. The molecule has 2 aromatic carbocycles. The van der Waals surface area contributed by atoms with Gasteiger partial charge in [0, 0.05) is 0 Å². The molecule has 0 heterocycles. The number of aliphatic hydroxyl groups is 1. The van der Waals surface area contributed by atoms with Gasteiger partial charge in [-0.05, 0) is 42.3 Å². The van der Waals surface area contributed by atoms with Gasteiger partial charge in [-0.15, -0.1) is 0 Å². The largest absolute Gasteiger partial charge is 0.464 e. The average Bonchev–Trinajstić information content (AvgIpc) is 2.48. The maximum Gasteiger partial charge on any atom is 0.331 e. The van der Waals surface area contributed by atoms with E-state index in [2.05, 4.69) is 4.74 Å². The topological polar surface area (TPSA) is 46.5 Å². The molecule has 0 radical (unpaired) electrons. The Hall–Kier alpha value is -2.27. The lowest BCUT2D eigenvalue weighted by molar-refractivity contribution is -0.146. The molecule has 0 aliphatic carbocycles. The quantitative estimate of drug-likeness (QED) is 0.884. The Labute approximate surface area is 121 Å². The van der Waals surface area contributed by atoms with Crippen LogP contribution in [0.3, 0.4) is 0 Å². The van der Waals surface area contributed by atoms with Crippen LogP contribution in [0.2, 0.25) is 0 Å². The monoisotopic (exact) mass is 294 g/mol. The van der Waals surface area contributed by atoms with Crippen molar-refractivity contribution in [3.8, 4) is 11.1 Å². The van der Waals surface area contributed by atoms with E-state index in [4.69, 9.17) is 5.11 Å². The van der Waals surface area contributed by atoms with Crippen LogP contribution < -0.4 is 0 Å². The van der Waals surface area contributed by atoms with Crippen LogP contribution in [-0.4, -0.2) is 24.3 Å². The molecule has 3 nitrogen and oxygen atoms in total. The predicted molar refractivity (Wildman–Crippen MR) is 75.5 cm³/mol. The first-order chi connectivity index (χ1) is 10.1. The van der Waals surface area contributed by atoms with Crippen molar-refractivity contribution in [2.75, 3.05) is 13.2 Å². The highest BCUT2D eigenvalue weighted by atomic mass is 19.1. The fraction of sp³-hybridized carbons (Fsp3) is 0.188. The molecule has 0 aliphatic rings. The third kappa shape index (κ3) is 6.14. The highest BCUT2D eigenvalue weighted by Gasteiger charge is 1.99. The molecule has 2 aromatic rings. The number of rotatable bonds is 3. The lowest BCUT2D eigenvalue weighted by Gasteiger charge is -2.01. The molecule has 0 unspecified atom stereocenters. The fourth-order valence-electron chi connectivity index (χ4n) is 1.54. The first kappa shape index (κ1) is 16.8. The standard InChI is InChI=1S/C12H8F2.C4H8O3/c13-11-5-1-3-9(7-11)10-4-2-6-12(14)8-10;1-2-7-4(6)3-5/h1-8H;5H,2-3H2,1H3. The number of esters is 1. The third-order valence-electron chi connectivity index (χ3n) is 2.42. The summed E-state index contributed by atoms with van der Waals surface area (Å²) >= 11 is 0. The van der Waals surface area contributed by atoms with Gasteiger partial charge in [-0.3, -0.25) is 0 Å². The van der Waals surface area contributed by atoms with E-state index in [0.717, 1.165) is 0 Å². The summed E-state index contributed by atoms with van der Waals surface area (Å²) in [6, 6.07) is 12.2. The summed E-state index contributed by atoms with van der Waals surface area (Å²) in [7, 11) is 0. The summed E-state index contributed by atoms with van der Waals surface area (Å²) in [6.07, 6.45) is 0. The summed E-state index contributed by atoms with van der Waals surface area (Å²) in [5.74, 6) is -1.19. The van der Waals surface area contributed by atoms with Crippen molar-refractivity contribution in [3.63, 3.8) is 0 Å². The molecule has 21 heavy (non-hydrogen) atoms. The van der Waals surface area contributed by atoms with Crippen molar-refractivity contribution in [3.05, 3.63) is 60.2 Å². The fourth-order valence-corrected chi connectivity index (χ4v) is 1.54. The van der Waals surface area contributed by atoms with Crippen LogP contribution in [0.1, 0.15) is 6.92 Å². The highest BCUT2D eigenvalue weighted by Crippen LogP contribution is 2.20. The first-order valence-corrected chi connectivity index (χ1v) is 6.34. The normalized spacial score (nSPS) is 9.52. The van der Waals surface area contributed by atoms with Gasteiger partial charge in [0.1, 0.15) is 18.2 Å². The second-order valence-corrected chi connectivity index (χ2v) is 3.98. The maximum atomic E-state index is 12.9. The van der Waals surface area contributed by atoms with E-state index >= 15 is 0 Å². The van der Waals surface area contributed by atoms with Crippen molar-refractivity contribution in [1.82, 2.24) is 0 Å². The van der Waals surface area contributed by atoms with Gasteiger partial charge < -0.3 is 9.84 Å². The van der Waals surface area contributed by atoms with Crippen molar-refractivity contribution in [2.45, 2.75) is 6.92 Å². The van der Waals surface area contributed by atoms with Crippen LogP contribution in [0.15, 0.2) is 48.5 Å². The molecule has 0 atom stereocenters. The van der Waals surface area contributed by atoms with E-state index in [0.29, 0.717) is 17.7 Å². The number of hydrogen-bond donors (Lipinski definition) is 1. The van der Waals surface area contributed by atoms with E-state index in [1.54, 1.807) is 31.2 Å². The van der Waals surface area contributed by atoms with Gasteiger partial charge in [0.05, 0.1) is 6.61 Å². The Morgan fingerprint density at radius 3 is 1.81 bits per heavy atom. The van der Waals surface area contributed by atoms with Crippen molar-refractivity contribution >= 4 is 5.97 Å². The van der Waals surface area contributed by atoms with Crippen LogP contribution in [0, 0.1) is 11.6 Å². The second-order valence-electron chi connectivity index (χ2n) is 3.98. The lowest BCUT2D eigenvalue weighted by Crippen LogP contribution is -2.07. The van der Waals surface area contributed by atoms with Gasteiger partial charge in [-0.25, -0.2) is 13.6 Å². The molecule has 0 fully saturated rings. The van der Waals surface area contributed by atoms with Crippen molar-refractivity contribution < 1.29 is 23.4 Å². The number of halogens is 2. The van der Waals surface area contributed by atoms with E-state index in [-0.39, 0.29) is 11.6 Å². The summed E-state index contributed by atoms with van der Waals surface area (Å²) in [5, 5.41) is 7.99. The number of carbonyl (C=O) groups excluding carboxylic acids is 1. The van der Waals surface area contributed by atoms with E-state index in [1.165, 1.54) is 24.3 Å². The van der Waals surface area contributed by atoms with Gasteiger partial charge in [-0.2, -0.15) is 0 Å². The summed E-state index contributed by atoms with van der Waals surface area (Å²) in [6.45, 7) is 1.50. The van der Waals surface area contributed by atoms with Crippen LogP contribution in [0.5, 0.6) is 0 Å². The SMILES string of the molecule is CCOC(=O)CO.Fc1cccc(-c2cccc(F)c2)c1. The zero-order valence-electron chi connectivity index (χ0n) is 11.6. The summed E-state index contributed by atoms with van der Waals surface area (Å²) < 4.78 is 30.0. The van der Waals surface area contributed by atoms with Crippen molar-refractivity contribution in [2.24, 2.45) is 0 Å². The zero-order valence-corrected chi connectivity index (χ0v) is 11.6. The number of ether oxygens (including phenoxy) is 1. The van der Waals surface area contributed by atoms with E-state index < -0.39 is 12.6 Å². The minimum Gasteiger partial charge on any atom is -0.464 e. The zero-order chi connectivity index (χ0) is 15.7. The molecule has 0 spiro atoms. The van der Waals surface area contributed by atoms with Crippen LogP contribution in [0.4, 0.5) is 8.78 Å². The Morgan fingerprint density at radius 1 is 1.05 bits per heavy atom. The summed E-state index contributed by atoms with van der Waals surface area (Å²) in [5.41, 5.74) is 1.37. The molecule has 0 saturated carbocycles. The van der Waals surface area contributed by atoms with Gasteiger partial charge in [0.15, 0.2) is 0 Å². The second kappa shape index (κ2) is 8.81. The summed E-state index contributed by atoms with van der Waals surface area (Å²) in [4.78, 5) is 9.94. The van der Waals surface area contributed by atoms with Gasteiger partial charge in [0.2, 0.25) is 0 Å². The number of hydrogen-bond acceptors (Lipinski definition) is 3. The first-order valence-electron chi connectivity index (χ1n) is 6.34. The van der Waals surface area contributed by atoms with Crippen LogP contribution in [-0.2, 0) is 9.53 Å². The van der Waals surface area contributed by atoms with Gasteiger partial charge in [-0.1, -0.05) is 24.3 Å². The Balaban J connectivity index is 0.000000270. The minimum atomic E-state index is -0.567. The Bertz CT molecular complexity index is 542. The molecule has 2 rings (SSSR count). The van der Waals surface area contributed by atoms with E-state index in [1.807, 2.05) is 0 Å². The smallest absolute Gasteiger partial charge is 0.331 e. The average molecular weight is 294 g/mol. The molecular weight excluding hydrogens is 278 g/mol.